The fourth-order valence-corrected chi connectivity index (χ4v) is 3.51. The van der Waals surface area contributed by atoms with Crippen molar-refractivity contribution in [1.82, 2.24) is 5.32 Å². The standard InChI is InChI=1S/C14H25NS/c1-5-14-13(10-11(2)3)8-6-7-9-15-12(4)16-14/h13-15H,2,4-10H2,1,3H3. The Balaban J connectivity index is 2.65. The topological polar surface area (TPSA) is 12.0 Å². The molecule has 1 nitrogen and oxygen atoms in total. The van der Waals surface area contributed by atoms with Gasteiger partial charge in [0.15, 0.2) is 0 Å². The first-order valence-electron chi connectivity index (χ1n) is 6.37. The molecular weight excluding hydrogens is 214 g/mol. The lowest BCUT2D eigenvalue weighted by Crippen LogP contribution is -2.18. The Morgan fingerprint density at radius 1 is 1.50 bits per heavy atom. The molecule has 0 spiro atoms. The van der Waals surface area contributed by atoms with E-state index in [4.69, 9.17) is 0 Å². The van der Waals surface area contributed by atoms with E-state index in [9.17, 15) is 0 Å². The second-order valence-corrected chi connectivity index (χ2v) is 6.17. The first kappa shape index (κ1) is 13.7. The quantitative estimate of drug-likeness (QED) is 0.736. The van der Waals surface area contributed by atoms with Gasteiger partial charge in [0.05, 0.1) is 5.03 Å². The highest BCUT2D eigenvalue weighted by Gasteiger charge is 2.22. The van der Waals surface area contributed by atoms with E-state index in [0.717, 1.165) is 17.5 Å². The maximum Gasteiger partial charge on any atom is 0.0610 e. The molecule has 0 aliphatic carbocycles. The number of thioether (sulfide) groups is 1. The van der Waals surface area contributed by atoms with Gasteiger partial charge in [-0.3, -0.25) is 0 Å². The molecule has 0 aromatic rings. The van der Waals surface area contributed by atoms with E-state index in [0.29, 0.717) is 5.25 Å². The van der Waals surface area contributed by atoms with Crippen LogP contribution in [0.2, 0.25) is 0 Å². The molecule has 16 heavy (non-hydrogen) atoms. The first-order chi connectivity index (χ1) is 7.63. The zero-order valence-electron chi connectivity index (χ0n) is 10.7. The van der Waals surface area contributed by atoms with Crippen LogP contribution < -0.4 is 5.32 Å². The zero-order chi connectivity index (χ0) is 12.0. The average Bonchev–Trinajstić information content (AvgIpc) is 2.30. The van der Waals surface area contributed by atoms with Crippen molar-refractivity contribution < 1.29 is 0 Å². The van der Waals surface area contributed by atoms with Crippen LogP contribution in [0.3, 0.4) is 0 Å². The van der Waals surface area contributed by atoms with E-state index in [2.05, 4.69) is 32.3 Å². The van der Waals surface area contributed by atoms with Crippen LogP contribution >= 0.6 is 11.8 Å². The molecule has 0 radical (unpaired) electrons. The van der Waals surface area contributed by atoms with Gasteiger partial charge < -0.3 is 5.32 Å². The summed E-state index contributed by atoms with van der Waals surface area (Å²) in [4.78, 5) is 0. The van der Waals surface area contributed by atoms with Crippen molar-refractivity contribution in [2.24, 2.45) is 5.92 Å². The molecule has 1 aliphatic heterocycles. The largest absolute Gasteiger partial charge is 0.380 e. The zero-order valence-corrected chi connectivity index (χ0v) is 11.5. The highest BCUT2D eigenvalue weighted by molar-refractivity contribution is 8.03. The number of allylic oxidation sites excluding steroid dienone is 1. The molecule has 2 unspecified atom stereocenters. The van der Waals surface area contributed by atoms with Crippen LogP contribution in [0, 0.1) is 5.92 Å². The van der Waals surface area contributed by atoms with Crippen molar-refractivity contribution >= 4 is 11.8 Å². The van der Waals surface area contributed by atoms with Crippen molar-refractivity contribution in [3.8, 4) is 0 Å². The molecule has 92 valence electrons. The molecule has 1 N–H and O–H groups in total. The molecule has 0 aromatic heterocycles. The molecule has 1 rings (SSSR count). The molecular formula is C14H25NS. The summed E-state index contributed by atoms with van der Waals surface area (Å²) < 4.78 is 0. The second-order valence-electron chi connectivity index (χ2n) is 4.83. The van der Waals surface area contributed by atoms with Gasteiger partial charge in [-0.2, -0.15) is 0 Å². The summed E-state index contributed by atoms with van der Waals surface area (Å²) in [5, 5.41) is 5.27. The lowest BCUT2D eigenvalue weighted by atomic mass is 9.90. The minimum atomic E-state index is 0.704. The predicted molar refractivity (Wildman–Crippen MR) is 75.6 cm³/mol. The van der Waals surface area contributed by atoms with Crippen molar-refractivity contribution in [3.63, 3.8) is 0 Å². The molecule has 0 bridgehead atoms. The summed E-state index contributed by atoms with van der Waals surface area (Å²) in [6.45, 7) is 13.7. The molecule has 2 heteroatoms. The highest BCUT2D eigenvalue weighted by Crippen LogP contribution is 2.34. The third kappa shape index (κ3) is 4.65. The van der Waals surface area contributed by atoms with E-state index >= 15 is 0 Å². The molecule has 0 amide bonds. The van der Waals surface area contributed by atoms with Crippen molar-refractivity contribution in [1.29, 1.82) is 0 Å². The van der Waals surface area contributed by atoms with E-state index in [-0.39, 0.29) is 0 Å². The van der Waals surface area contributed by atoms with Crippen LogP contribution in [-0.2, 0) is 0 Å². The normalized spacial score (nSPS) is 27.5. The maximum absolute atomic E-state index is 4.10. The summed E-state index contributed by atoms with van der Waals surface area (Å²) in [6.07, 6.45) is 6.34. The fraction of sp³-hybridized carbons (Fsp3) is 0.714. The number of rotatable bonds is 3. The Morgan fingerprint density at radius 3 is 2.88 bits per heavy atom. The van der Waals surface area contributed by atoms with Gasteiger partial charge in [-0.05, 0) is 38.5 Å². The van der Waals surface area contributed by atoms with Gasteiger partial charge in [-0.1, -0.05) is 25.5 Å². The molecule has 1 heterocycles. The Labute approximate surface area is 105 Å². The Kier molecular flexibility index (Phi) is 6.04. The third-order valence-electron chi connectivity index (χ3n) is 3.16. The van der Waals surface area contributed by atoms with Crippen LogP contribution in [0.15, 0.2) is 23.8 Å². The van der Waals surface area contributed by atoms with Crippen LogP contribution in [0.25, 0.3) is 0 Å². The molecule has 1 aliphatic rings. The fourth-order valence-electron chi connectivity index (χ4n) is 2.36. The summed E-state index contributed by atoms with van der Waals surface area (Å²) in [5.74, 6) is 0.782. The smallest absolute Gasteiger partial charge is 0.0610 e. The average molecular weight is 239 g/mol. The van der Waals surface area contributed by atoms with Gasteiger partial charge in [-0.15, -0.1) is 18.3 Å². The third-order valence-corrected chi connectivity index (χ3v) is 4.61. The SMILES string of the molecule is C=C(C)CC1CCCCNC(=C)SC1CC. The number of hydrogen-bond donors (Lipinski definition) is 1. The van der Waals surface area contributed by atoms with Gasteiger partial charge in [0.25, 0.3) is 0 Å². The van der Waals surface area contributed by atoms with Crippen molar-refractivity contribution in [2.45, 2.75) is 51.2 Å². The molecule has 2 atom stereocenters. The van der Waals surface area contributed by atoms with E-state index in [1.54, 1.807) is 0 Å². The molecule has 0 saturated carbocycles. The predicted octanol–water partition coefficient (Wildman–Crippen LogP) is 4.33. The Bertz CT molecular complexity index is 247. The van der Waals surface area contributed by atoms with E-state index in [1.165, 1.54) is 37.7 Å². The lowest BCUT2D eigenvalue weighted by molar-refractivity contribution is 0.436. The molecule has 1 fully saturated rings. The minimum Gasteiger partial charge on any atom is -0.380 e. The summed E-state index contributed by atoms with van der Waals surface area (Å²) in [7, 11) is 0. The first-order valence-corrected chi connectivity index (χ1v) is 7.25. The number of hydrogen-bond acceptors (Lipinski definition) is 2. The Morgan fingerprint density at radius 2 is 2.25 bits per heavy atom. The van der Waals surface area contributed by atoms with Crippen molar-refractivity contribution in [2.75, 3.05) is 6.54 Å². The van der Waals surface area contributed by atoms with Crippen LogP contribution in [-0.4, -0.2) is 11.8 Å². The van der Waals surface area contributed by atoms with E-state index < -0.39 is 0 Å². The van der Waals surface area contributed by atoms with Gasteiger partial charge in [-0.25, -0.2) is 0 Å². The lowest BCUT2D eigenvalue weighted by Gasteiger charge is -2.25. The van der Waals surface area contributed by atoms with Gasteiger partial charge in [0, 0.05) is 11.8 Å². The molecule has 0 aromatic carbocycles. The van der Waals surface area contributed by atoms with Crippen LogP contribution in [0.5, 0.6) is 0 Å². The van der Waals surface area contributed by atoms with E-state index in [1.807, 2.05) is 11.8 Å². The highest BCUT2D eigenvalue weighted by atomic mass is 32.2. The van der Waals surface area contributed by atoms with Gasteiger partial charge in [0.2, 0.25) is 0 Å². The van der Waals surface area contributed by atoms with Crippen molar-refractivity contribution in [3.05, 3.63) is 23.8 Å². The summed E-state index contributed by atoms with van der Waals surface area (Å²) in [5.41, 5.74) is 1.32. The monoisotopic (exact) mass is 239 g/mol. The summed E-state index contributed by atoms with van der Waals surface area (Å²) in [6, 6.07) is 0. The number of nitrogens with one attached hydrogen (secondary N) is 1. The minimum absolute atomic E-state index is 0.704. The van der Waals surface area contributed by atoms with Gasteiger partial charge in [0.1, 0.15) is 0 Å². The summed E-state index contributed by atoms with van der Waals surface area (Å²) >= 11 is 1.94. The Hall–Kier alpha value is -0.370. The van der Waals surface area contributed by atoms with Crippen LogP contribution in [0.1, 0.15) is 46.0 Å². The van der Waals surface area contributed by atoms with Gasteiger partial charge >= 0.3 is 0 Å². The molecule has 1 saturated heterocycles. The second kappa shape index (κ2) is 7.05. The maximum atomic E-state index is 4.10. The van der Waals surface area contributed by atoms with Crippen LogP contribution in [0.4, 0.5) is 0 Å².